The average molecular weight is 255 g/mol. The Morgan fingerprint density at radius 3 is 2.61 bits per heavy atom. The predicted octanol–water partition coefficient (Wildman–Crippen LogP) is 1.05. The monoisotopic (exact) mass is 255 g/mol. The first-order chi connectivity index (χ1) is 8.65. The lowest BCUT2D eigenvalue weighted by atomic mass is 10.3. The van der Waals surface area contributed by atoms with Gasteiger partial charge in [0.25, 0.3) is 11.7 Å². The fourth-order valence-corrected chi connectivity index (χ4v) is 1.16. The maximum Gasteiger partial charge on any atom is 0.387 e. The van der Waals surface area contributed by atoms with Crippen molar-refractivity contribution in [1.29, 1.82) is 0 Å². The van der Waals surface area contributed by atoms with Crippen LogP contribution in [0.5, 0.6) is 5.75 Å². The van der Waals surface area contributed by atoms with Crippen LogP contribution in [0.25, 0.3) is 0 Å². The van der Waals surface area contributed by atoms with Gasteiger partial charge >= 0.3 is 6.61 Å². The Morgan fingerprint density at radius 2 is 2.06 bits per heavy atom. The Bertz CT molecular complexity index is 514. The van der Waals surface area contributed by atoms with Crippen LogP contribution in [0.3, 0.4) is 0 Å². The molecule has 0 aliphatic heterocycles. The maximum absolute atomic E-state index is 11.9. The number of carbonyl (C=O) groups is 1. The van der Waals surface area contributed by atoms with Gasteiger partial charge in [-0.2, -0.15) is 14.0 Å². The molecular weight excluding hydrogens is 248 g/mol. The number of amides is 1. The molecule has 0 fully saturated rings. The van der Waals surface area contributed by atoms with Crippen molar-refractivity contribution in [1.82, 2.24) is 20.6 Å². The molecule has 0 saturated carbocycles. The molecule has 1 aromatic heterocycles. The van der Waals surface area contributed by atoms with Crippen LogP contribution in [-0.4, -0.2) is 33.1 Å². The number of tetrazole rings is 1. The van der Waals surface area contributed by atoms with E-state index < -0.39 is 12.5 Å². The summed E-state index contributed by atoms with van der Waals surface area (Å²) in [5.41, 5.74) is 0.395. The quantitative estimate of drug-likeness (QED) is 0.851. The van der Waals surface area contributed by atoms with Gasteiger partial charge in [0.15, 0.2) is 0 Å². The Balaban J connectivity index is 2.00. The predicted molar refractivity (Wildman–Crippen MR) is 55.2 cm³/mol. The Hall–Kier alpha value is -2.58. The van der Waals surface area contributed by atoms with Crippen LogP contribution in [0.4, 0.5) is 14.5 Å². The van der Waals surface area contributed by atoms with Crippen LogP contribution in [0.15, 0.2) is 24.3 Å². The van der Waals surface area contributed by atoms with Crippen molar-refractivity contribution in [3.63, 3.8) is 0 Å². The lowest BCUT2D eigenvalue weighted by Gasteiger charge is -2.05. The number of H-pyrrole nitrogens is 1. The fraction of sp³-hybridized carbons (Fsp3) is 0.111. The lowest BCUT2D eigenvalue weighted by Crippen LogP contribution is -2.13. The molecule has 0 saturated heterocycles. The van der Waals surface area contributed by atoms with E-state index in [2.05, 4.69) is 30.7 Å². The molecule has 0 radical (unpaired) electrons. The fourth-order valence-electron chi connectivity index (χ4n) is 1.16. The molecule has 0 unspecified atom stereocenters. The molecule has 0 aliphatic carbocycles. The Morgan fingerprint density at radius 1 is 1.33 bits per heavy atom. The van der Waals surface area contributed by atoms with Crippen LogP contribution >= 0.6 is 0 Å². The summed E-state index contributed by atoms with van der Waals surface area (Å²) in [6.07, 6.45) is 0. The summed E-state index contributed by atoms with van der Waals surface area (Å²) in [4.78, 5) is 11.5. The van der Waals surface area contributed by atoms with E-state index in [9.17, 15) is 13.6 Å². The van der Waals surface area contributed by atoms with Crippen LogP contribution in [0.2, 0.25) is 0 Å². The molecule has 2 aromatic rings. The Kier molecular flexibility index (Phi) is 3.41. The molecule has 2 N–H and O–H groups in total. The van der Waals surface area contributed by atoms with Crippen molar-refractivity contribution in [2.24, 2.45) is 0 Å². The van der Waals surface area contributed by atoms with Gasteiger partial charge in [-0.3, -0.25) is 4.79 Å². The highest BCUT2D eigenvalue weighted by molar-refractivity contribution is 6.01. The van der Waals surface area contributed by atoms with E-state index in [0.717, 1.165) is 0 Å². The zero-order valence-electron chi connectivity index (χ0n) is 8.80. The molecule has 0 bridgehead atoms. The van der Waals surface area contributed by atoms with E-state index in [1.807, 2.05) is 0 Å². The number of hydrogen-bond donors (Lipinski definition) is 2. The molecule has 18 heavy (non-hydrogen) atoms. The van der Waals surface area contributed by atoms with Gasteiger partial charge < -0.3 is 10.1 Å². The maximum atomic E-state index is 11.9. The van der Waals surface area contributed by atoms with Gasteiger partial charge in [0.1, 0.15) is 5.75 Å². The van der Waals surface area contributed by atoms with Crippen molar-refractivity contribution in [2.45, 2.75) is 6.61 Å². The first-order valence-corrected chi connectivity index (χ1v) is 4.75. The summed E-state index contributed by atoms with van der Waals surface area (Å²) in [7, 11) is 0. The number of aromatic nitrogens is 4. The number of halogens is 2. The summed E-state index contributed by atoms with van der Waals surface area (Å²) >= 11 is 0. The molecule has 9 heteroatoms. The highest BCUT2D eigenvalue weighted by atomic mass is 19.3. The van der Waals surface area contributed by atoms with Gasteiger partial charge in [0.2, 0.25) is 0 Å². The largest absolute Gasteiger partial charge is 0.435 e. The summed E-state index contributed by atoms with van der Waals surface area (Å²) in [6, 6.07) is 5.43. The molecule has 1 aromatic carbocycles. The molecule has 0 aliphatic rings. The summed E-state index contributed by atoms with van der Waals surface area (Å²) in [6.45, 7) is -2.88. The lowest BCUT2D eigenvalue weighted by molar-refractivity contribution is -0.0498. The van der Waals surface area contributed by atoms with E-state index in [0.29, 0.717) is 5.69 Å². The molecule has 7 nitrogen and oxygen atoms in total. The highest BCUT2D eigenvalue weighted by Crippen LogP contribution is 2.17. The van der Waals surface area contributed by atoms with E-state index in [-0.39, 0.29) is 11.6 Å². The van der Waals surface area contributed by atoms with Crippen molar-refractivity contribution in [3.8, 4) is 5.75 Å². The van der Waals surface area contributed by atoms with Gasteiger partial charge in [0, 0.05) is 5.69 Å². The molecule has 2 rings (SSSR count). The number of nitrogens with one attached hydrogen (secondary N) is 2. The minimum Gasteiger partial charge on any atom is -0.435 e. The van der Waals surface area contributed by atoms with Crippen LogP contribution in [0.1, 0.15) is 10.6 Å². The van der Waals surface area contributed by atoms with Crippen molar-refractivity contribution in [3.05, 3.63) is 30.1 Å². The van der Waals surface area contributed by atoms with Crippen molar-refractivity contribution < 1.29 is 18.3 Å². The number of benzene rings is 1. The number of ether oxygens (including phenoxy) is 1. The average Bonchev–Trinajstić information content (AvgIpc) is 2.84. The number of alkyl halides is 2. The van der Waals surface area contributed by atoms with E-state index in [1.54, 1.807) is 0 Å². The number of anilines is 1. The summed E-state index contributed by atoms with van der Waals surface area (Å²) in [5.74, 6) is -0.684. The zero-order chi connectivity index (χ0) is 13.0. The number of carbonyl (C=O) groups excluding carboxylic acids is 1. The minimum atomic E-state index is -2.88. The third-order valence-corrected chi connectivity index (χ3v) is 1.89. The van der Waals surface area contributed by atoms with Crippen molar-refractivity contribution >= 4 is 11.6 Å². The van der Waals surface area contributed by atoms with E-state index in [4.69, 9.17) is 0 Å². The smallest absolute Gasteiger partial charge is 0.387 e. The Labute approximate surface area is 99.1 Å². The second kappa shape index (κ2) is 5.17. The van der Waals surface area contributed by atoms with Gasteiger partial charge in [0.05, 0.1) is 0 Å². The molecule has 0 atom stereocenters. The zero-order valence-corrected chi connectivity index (χ0v) is 8.80. The van der Waals surface area contributed by atoms with E-state index in [1.165, 1.54) is 24.3 Å². The number of hydrogen-bond acceptors (Lipinski definition) is 5. The summed E-state index contributed by atoms with van der Waals surface area (Å²) in [5, 5.41) is 14.8. The van der Waals surface area contributed by atoms with Crippen molar-refractivity contribution in [2.75, 3.05) is 5.32 Å². The van der Waals surface area contributed by atoms with Gasteiger partial charge in [-0.05, 0) is 29.5 Å². The normalized spacial score (nSPS) is 10.4. The first-order valence-electron chi connectivity index (χ1n) is 4.75. The molecular formula is C9H7F2N5O2. The topological polar surface area (TPSA) is 92.8 Å². The van der Waals surface area contributed by atoms with Gasteiger partial charge in [-0.1, -0.05) is 0 Å². The van der Waals surface area contributed by atoms with E-state index >= 15 is 0 Å². The van der Waals surface area contributed by atoms with Crippen LogP contribution in [0, 0.1) is 0 Å². The molecule has 0 spiro atoms. The molecule has 1 heterocycles. The molecule has 1 amide bonds. The number of rotatable bonds is 4. The van der Waals surface area contributed by atoms with Gasteiger partial charge in [-0.15, -0.1) is 10.2 Å². The minimum absolute atomic E-state index is 0.00237. The van der Waals surface area contributed by atoms with Crippen LogP contribution in [-0.2, 0) is 0 Å². The summed E-state index contributed by atoms with van der Waals surface area (Å²) < 4.78 is 28.0. The number of aromatic amines is 1. The third kappa shape index (κ3) is 2.97. The second-order valence-corrected chi connectivity index (χ2v) is 3.09. The highest BCUT2D eigenvalue weighted by Gasteiger charge is 2.11. The van der Waals surface area contributed by atoms with Crippen LogP contribution < -0.4 is 10.1 Å². The number of nitrogens with zero attached hydrogens (tertiary/aromatic N) is 3. The molecule has 94 valence electrons. The SMILES string of the molecule is O=C(Nc1ccc(OC(F)F)cc1)c1nn[nH]n1. The second-order valence-electron chi connectivity index (χ2n) is 3.09. The standard InChI is InChI=1S/C9H7F2N5O2/c10-9(11)18-6-3-1-5(2-4-6)12-8(17)7-13-15-16-14-7/h1-4,9H,(H,12,17)(H,13,14,15,16). The third-order valence-electron chi connectivity index (χ3n) is 1.89. The van der Waals surface area contributed by atoms with Gasteiger partial charge in [-0.25, -0.2) is 0 Å². The first kappa shape index (κ1) is 11.9.